The van der Waals surface area contributed by atoms with Crippen LogP contribution >= 0.6 is 0 Å². The molecule has 0 unspecified atom stereocenters. The summed E-state index contributed by atoms with van der Waals surface area (Å²) in [7, 11) is 1.41. The Bertz CT molecular complexity index is 845. The first-order valence-electron chi connectivity index (χ1n) is 6.29. The van der Waals surface area contributed by atoms with Crippen molar-refractivity contribution in [1.82, 2.24) is 0 Å². The van der Waals surface area contributed by atoms with Gasteiger partial charge in [-0.05, 0) is 30.7 Å². The van der Waals surface area contributed by atoms with E-state index >= 15 is 0 Å². The molecule has 0 amide bonds. The van der Waals surface area contributed by atoms with Gasteiger partial charge in [0.25, 0.3) is 5.69 Å². The molecule has 0 fully saturated rings. The van der Waals surface area contributed by atoms with Crippen LogP contribution in [0.4, 0.5) is 5.69 Å². The molecule has 22 heavy (non-hydrogen) atoms. The van der Waals surface area contributed by atoms with Crippen LogP contribution in [0.3, 0.4) is 0 Å². The summed E-state index contributed by atoms with van der Waals surface area (Å²) in [6.45, 7) is 1.78. The van der Waals surface area contributed by atoms with Gasteiger partial charge in [-0.3, -0.25) is 10.1 Å². The fraction of sp³-hybridized carbons (Fsp3) is 0.125. The predicted octanol–water partition coefficient (Wildman–Crippen LogP) is 3.32. The van der Waals surface area contributed by atoms with Gasteiger partial charge in [-0.15, -0.1) is 0 Å². The molecular weight excluding hydrogens is 282 g/mol. The van der Waals surface area contributed by atoms with Gasteiger partial charge in [0.2, 0.25) is 0 Å². The first-order chi connectivity index (χ1) is 10.5. The summed E-state index contributed by atoms with van der Waals surface area (Å²) in [6.07, 6.45) is 0. The quantitative estimate of drug-likeness (QED) is 0.638. The zero-order valence-electron chi connectivity index (χ0n) is 12.0. The summed E-state index contributed by atoms with van der Waals surface area (Å²) in [5, 5.41) is 29.2. The maximum absolute atomic E-state index is 10.9. The summed E-state index contributed by atoms with van der Waals surface area (Å²) in [6, 6.07) is 11.4. The van der Waals surface area contributed by atoms with Gasteiger partial charge in [0, 0.05) is 17.2 Å². The second-order valence-electron chi connectivity index (χ2n) is 4.58. The maximum atomic E-state index is 10.9. The summed E-state index contributed by atoms with van der Waals surface area (Å²) in [5.74, 6) is 0.304. The Morgan fingerprint density at radius 2 is 1.91 bits per heavy atom. The van der Waals surface area contributed by atoms with Crippen molar-refractivity contribution in [2.24, 2.45) is 0 Å². The van der Waals surface area contributed by atoms with Crippen molar-refractivity contribution in [2.75, 3.05) is 7.11 Å². The number of aryl methyl sites for hydroxylation is 1. The molecule has 0 aliphatic carbocycles. The van der Waals surface area contributed by atoms with Crippen LogP contribution in [-0.2, 0) is 0 Å². The number of nitro benzene ring substituents is 1. The lowest BCUT2D eigenvalue weighted by Gasteiger charge is -2.13. The lowest BCUT2D eigenvalue weighted by Crippen LogP contribution is -1.96. The van der Waals surface area contributed by atoms with E-state index in [-0.39, 0.29) is 5.69 Å². The number of rotatable bonds is 3. The van der Waals surface area contributed by atoms with Crippen molar-refractivity contribution in [3.63, 3.8) is 0 Å². The van der Waals surface area contributed by atoms with E-state index in [2.05, 4.69) is 6.07 Å². The van der Waals surface area contributed by atoms with Crippen molar-refractivity contribution in [1.29, 1.82) is 10.5 Å². The van der Waals surface area contributed by atoms with Crippen LogP contribution in [-0.4, -0.2) is 12.0 Å². The number of nitriles is 2. The van der Waals surface area contributed by atoms with Gasteiger partial charge in [0.15, 0.2) is 0 Å². The van der Waals surface area contributed by atoms with Gasteiger partial charge in [-0.25, -0.2) is 0 Å². The Hall–Kier alpha value is -3.38. The van der Waals surface area contributed by atoms with Crippen LogP contribution in [0.1, 0.15) is 16.7 Å². The van der Waals surface area contributed by atoms with E-state index in [1.807, 2.05) is 6.07 Å². The third kappa shape index (κ3) is 2.58. The molecule has 6 nitrogen and oxygen atoms in total. The minimum absolute atomic E-state index is 0.0922. The third-order valence-corrected chi connectivity index (χ3v) is 3.25. The molecule has 0 bridgehead atoms. The Labute approximate surface area is 126 Å². The average molecular weight is 293 g/mol. The van der Waals surface area contributed by atoms with Crippen molar-refractivity contribution in [3.8, 4) is 29.0 Å². The average Bonchev–Trinajstić information content (AvgIpc) is 2.53. The van der Waals surface area contributed by atoms with E-state index in [0.717, 1.165) is 5.56 Å². The highest BCUT2D eigenvalue weighted by molar-refractivity contribution is 5.80. The highest BCUT2D eigenvalue weighted by Gasteiger charge is 2.17. The van der Waals surface area contributed by atoms with E-state index in [1.54, 1.807) is 19.1 Å². The zero-order chi connectivity index (χ0) is 16.3. The Kier molecular flexibility index (Phi) is 4.06. The topological polar surface area (TPSA) is 99.9 Å². The predicted molar refractivity (Wildman–Crippen MR) is 79.3 cm³/mol. The van der Waals surface area contributed by atoms with Crippen molar-refractivity contribution in [2.45, 2.75) is 6.92 Å². The largest absolute Gasteiger partial charge is 0.496 e. The number of methoxy groups -OCH3 is 1. The summed E-state index contributed by atoms with van der Waals surface area (Å²) in [4.78, 5) is 10.3. The number of nitrogens with zero attached hydrogens (tertiary/aromatic N) is 3. The van der Waals surface area contributed by atoms with E-state index in [0.29, 0.717) is 28.0 Å². The molecule has 2 aromatic rings. The maximum Gasteiger partial charge on any atom is 0.273 e. The molecule has 0 radical (unpaired) electrons. The molecule has 0 aliphatic heterocycles. The lowest BCUT2D eigenvalue weighted by molar-refractivity contribution is -0.384. The summed E-state index contributed by atoms with van der Waals surface area (Å²) < 4.78 is 5.22. The molecule has 0 N–H and O–H groups in total. The summed E-state index contributed by atoms with van der Waals surface area (Å²) in [5.41, 5.74) is 2.52. The first-order valence-corrected chi connectivity index (χ1v) is 6.29. The van der Waals surface area contributed by atoms with Crippen molar-refractivity contribution in [3.05, 3.63) is 57.1 Å². The van der Waals surface area contributed by atoms with Crippen LogP contribution in [0.2, 0.25) is 0 Å². The molecule has 0 heterocycles. The van der Waals surface area contributed by atoms with Gasteiger partial charge >= 0.3 is 0 Å². The van der Waals surface area contributed by atoms with Gasteiger partial charge in [0.1, 0.15) is 5.75 Å². The van der Waals surface area contributed by atoms with Gasteiger partial charge in [-0.1, -0.05) is 0 Å². The molecule has 108 valence electrons. The standard InChI is InChI=1S/C16H11N3O3/c1-10-5-11(8-17)6-12(9-18)16(10)14-4-3-13(19(20)21)7-15(14)22-2/h3-7H,1-2H3. The molecule has 0 aliphatic rings. The van der Waals surface area contributed by atoms with Crippen LogP contribution in [0, 0.1) is 39.7 Å². The normalized spacial score (nSPS) is 9.64. The number of benzene rings is 2. The van der Waals surface area contributed by atoms with E-state index in [1.165, 1.54) is 25.3 Å². The summed E-state index contributed by atoms with van der Waals surface area (Å²) >= 11 is 0. The minimum Gasteiger partial charge on any atom is -0.496 e. The second kappa shape index (κ2) is 5.94. The molecule has 0 atom stereocenters. The molecule has 0 saturated heterocycles. The number of hydrogen-bond donors (Lipinski definition) is 0. The van der Waals surface area contributed by atoms with Crippen molar-refractivity contribution < 1.29 is 9.66 Å². The fourth-order valence-electron chi connectivity index (χ4n) is 2.30. The van der Waals surface area contributed by atoms with E-state index in [9.17, 15) is 15.4 Å². The van der Waals surface area contributed by atoms with Gasteiger partial charge < -0.3 is 4.74 Å². The smallest absolute Gasteiger partial charge is 0.273 e. The molecule has 6 heteroatoms. The molecule has 2 rings (SSSR count). The number of hydrogen-bond acceptors (Lipinski definition) is 5. The first kappa shape index (κ1) is 15.0. The molecule has 0 spiro atoms. The van der Waals surface area contributed by atoms with Crippen LogP contribution in [0.5, 0.6) is 5.75 Å². The van der Waals surface area contributed by atoms with E-state index in [4.69, 9.17) is 10.00 Å². The number of ether oxygens (including phenoxy) is 1. The second-order valence-corrected chi connectivity index (χ2v) is 4.58. The Morgan fingerprint density at radius 1 is 1.18 bits per heavy atom. The minimum atomic E-state index is -0.511. The molecule has 2 aromatic carbocycles. The van der Waals surface area contributed by atoms with Crippen LogP contribution in [0.15, 0.2) is 30.3 Å². The van der Waals surface area contributed by atoms with Gasteiger partial charge in [-0.2, -0.15) is 10.5 Å². The molecular formula is C16H11N3O3. The molecule has 0 aromatic heterocycles. The van der Waals surface area contributed by atoms with Crippen LogP contribution in [0.25, 0.3) is 11.1 Å². The Balaban J connectivity index is 2.75. The van der Waals surface area contributed by atoms with Crippen molar-refractivity contribution >= 4 is 5.69 Å². The molecule has 0 saturated carbocycles. The van der Waals surface area contributed by atoms with Gasteiger partial charge in [0.05, 0.1) is 41.4 Å². The fourth-order valence-corrected chi connectivity index (χ4v) is 2.30. The van der Waals surface area contributed by atoms with E-state index < -0.39 is 4.92 Å². The third-order valence-electron chi connectivity index (χ3n) is 3.25. The SMILES string of the molecule is COc1cc([N+](=O)[O-])ccc1-c1c(C)cc(C#N)cc1C#N. The monoisotopic (exact) mass is 293 g/mol. The number of non-ortho nitro benzene ring substituents is 1. The lowest BCUT2D eigenvalue weighted by atomic mass is 9.93. The Morgan fingerprint density at radius 3 is 2.45 bits per heavy atom. The van der Waals surface area contributed by atoms with Crippen LogP contribution < -0.4 is 4.74 Å². The highest BCUT2D eigenvalue weighted by atomic mass is 16.6. The highest BCUT2D eigenvalue weighted by Crippen LogP contribution is 2.37. The number of nitro groups is 1. The zero-order valence-corrected chi connectivity index (χ0v) is 12.0.